The SMILES string of the molecule is COc1cc(OCc2ccccc2)c([C@H](N)[C@H](O)C(C)(C)C)cc1OC.Cl. The third-order valence-electron chi connectivity index (χ3n) is 4.34. The van der Waals surface area contributed by atoms with Gasteiger partial charge in [-0.05, 0) is 17.0 Å². The van der Waals surface area contributed by atoms with Crippen molar-refractivity contribution in [3.05, 3.63) is 53.6 Å². The van der Waals surface area contributed by atoms with E-state index in [9.17, 15) is 5.11 Å². The smallest absolute Gasteiger partial charge is 0.164 e. The van der Waals surface area contributed by atoms with Gasteiger partial charge in [-0.25, -0.2) is 0 Å². The van der Waals surface area contributed by atoms with Crippen molar-refractivity contribution >= 4 is 12.4 Å². The summed E-state index contributed by atoms with van der Waals surface area (Å²) in [5.41, 5.74) is 7.73. The van der Waals surface area contributed by atoms with E-state index in [0.717, 1.165) is 5.56 Å². The molecule has 0 saturated heterocycles. The van der Waals surface area contributed by atoms with E-state index >= 15 is 0 Å². The summed E-state index contributed by atoms with van der Waals surface area (Å²) in [7, 11) is 3.14. The monoisotopic (exact) mass is 395 g/mol. The van der Waals surface area contributed by atoms with Gasteiger partial charge in [0.05, 0.1) is 26.4 Å². The van der Waals surface area contributed by atoms with Crippen molar-refractivity contribution in [2.24, 2.45) is 11.1 Å². The largest absolute Gasteiger partial charge is 0.493 e. The molecule has 0 amide bonds. The van der Waals surface area contributed by atoms with E-state index in [1.54, 1.807) is 26.4 Å². The number of aliphatic hydroxyl groups excluding tert-OH is 1. The first-order valence-electron chi connectivity index (χ1n) is 8.64. The fourth-order valence-corrected chi connectivity index (χ4v) is 2.71. The van der Waals surface area contributed by atoms with Crippen LogP contribution in [-0.4, -0.2) is 25.4 Å². The van der Waals surface area contributed by atoms with Gasteiger partial charge < -0.3 is 25.1 Å². The van der Waals surface area contributed by atoms with E-state index in [1.807, 2.05) is 51.1 Å². The second kappa shape index (κ2) is 9.83. The predicted octanol–water partition coefficient (Wildman–Crippen LogP) is 4.11. The molecule has 0 aromatic heterocycles. The summed E-state index contributed by atoms with van der Waals surface area (Å²) in [5.74, 6) is 1.67. The number of ether oxygens (including phenoxy) is 3. The van der Waals surface area contributed by atoms with E-state index in [2.05, 4.69) is 0 Å². The standard InChI is InChI=1S/C21H29NO4.ClH/c1-21(2,3)20(23)19(22)15-11-17(24-4)18(25-5)12-16(15)26-13-14-9-7-6-8-10-14;/h6-12,19-20,23H,13,22H2,1-5H3;1H/t19-,20-;/m0./s1. The van der Waals surface area contributed by atoms with Crippen LogP contribution in [0.25, 0.3) is 0 Å². The molecule has 6 heteroatoms. The highest BCUT2D eigenvalue weighted by Gasteiger charge is 2.31. The molecule has 2 atom stereocenters. The van der Waals surface area contributed by atoms with Crippen LogP contribution in [0.1, 0.15) is 37.9 Å². The Hall–Kier alpha value is -1.95. The molecule has 2 aromatic rings. The van der Waals surface area contributed by atoms with Crippen LogP contribution in [0.3, 0.4) is 0 Å². The number of aliphatic hydroxyl groups is 1. The van der Waals surface area contributed by atoms with Gasteiger partial charge in [-0.1, -0.05) is 51.1 Å². The van der Waals surface area contributed by atoms with E-state index in [-0.39, 0.29) is 17.8 Å². The number of halogens is 1. The molecule has 0 unspecified atom stereocenters. The first-order valence-corrected chi connectivity index (χ1v) is 8.64. The fourth-order valence-electron chi connectivity index (χ4n) is 2.71. The number of hydrogen-bond donors (Lipinski definition) is 2. The summed E-state index contributed by atoms with van der Waals surface area (Å²) < 4.78 is 16.8. The highest BCUT2D eigenvalue weighted by Crippen LogP contribution is 2.40. The molecule has 0 aliphatic heterocycles. The van der Waals surface area contributed by atoms with Crippen LogP contribution in [0.15, 0.2) is 42.5 Å². The Balaban J connectivity index is 0.00000364. The number of methoxy groups -OCH3 is 2. The van der Waals surface area contributed by atoms with Crippen LogP contribution in [0.5, 0.6) is 17.2 Å². The Bertz CT molecular complexity index is 716. The Morgan fingerprint density at radius 2 is 1.52 bits per heavy atom. The molecule has 0 spiro atoms. The number of rotatable bonds is 7. The Morgan fingerprint density at radius 3 is 2.04 bits per heavy atom. The van der Waals surface area contributed by atoms with Crippen LogP contribution in [-0.2, 0) is 6.61 Å². The summed E-state index contributed by atoms with van der Waals surface area (Å²) in [4.78, 5) is 0. The Morgan fingerprint density at radius 1 is 0.963 bits per heavy atom. The molecule has 27 heavy (non-hydrogen) atoms. The van der Waals surface area contributed by atoms with Gasteiger partial charge >= 0.3 is 0 Å². The maximum atomic E-state index is 10.7. The van der Waals surface area contributed by atoms with E-state index in [4.69, 9.17) is 19.9 Å². The molecule has 0 saturated carbocycles. The highest BCUT2D eigenvalue weighted by atomic mass is 35.5. The van der Waals surface area contributed by atoms with Crippen molar-refractivity contribution < 1.29 is 19.3 Å². The van der Waals surface area contributed by atoms with Crippen LogP contribution in [0.2, 0.25) is 0 Å². The molecule has 150 valence electrons. The number of nitrogens with two attached hydrogens (primary N) is 1. The maximum Gasteiger partial charge on any atom is 0.164 e. The van der Waals surface area contributed by atoms with Gasteiger partial charge in [-0.3, -0.25) is 0 Å². The quantitative estimate of drug-likeness (QED) is 0.737. The van der Waals surface area contributed by atoms with Gasteiger partial charge in [0.1, 0.15) is 12.4 Å². The lowest BCUT2D eigenvalue weighted by Gasteiger charge is -2.32. The minimum Gasteiger partial charge on any atom is -0.493 e. The van der Waals surface area contributed by atoms with Gasteiger partial charge in [0.25, 0.3) is 0 Å². The van der Waals surface area contributed by atoms with Crippen molar-refractivity contribution in [2.45, 2.75) is 39.5 Å². The molecule has 2 rings (SSSR count). The molecule has 5 nitrogen and oxygen atoms in total. The lowest BCUT2D eigenvalue weighted by molar-refractivity contribution is 0.0391. The first kappa shape index (κ1) is 23.1. The summed E-state index contributed by atoms with van der Waals surface area (Å²) in [5, 5.41) is 10.7. The predicted molar refractivity (Wildman–Crippen MR) is 110 cm³/mol. The Kier molecular flexibility index (Phi) is 8.41. The summed E-state index contributed by atoms with van der Waals surface area (Å²) >= 11 is 0. The second-order valence-corrected chi connectivity index (χ2v) is 7.36. The lowest BCUT2D eigenvalue weighted by Crippen LogP contribution is -2.37. The van der Waals surface area contributed by atoms with Gasteiger partial charge in [-0.15, -0.1) is 12.4 Å². The maximum absolute atomic E-state index is 10.7. The zero-order chi connectivity index (χ0) is 19.3. The summed E-state index contributed by atoms with van der Waals surface area (Å²) in [6, 6.07) is 12.8. The van der Waals surface area contributed by atoms with E-state index < -0.39 is 12.1 Å². The topological polar surface area (TPSA) is 73.9 Å². The zero-order valence-corrected chi connectivity index (χ0v) is 17.4. The molecule has 0 aliphatic rings. The van der Waals surface area contributed by atoms with Gasteiger partial charge in [0.15, 0.2) is 11.5 Å². The average Bonchev–Trinajstić information content (AvgIpc) is 2.64. The highest BCUT2D eigenvalue weighted by molar-refractivity contribution is 5.85. The molecule has 0 radical (unpaired) electrons. The molecule has 0 fully saturated rings. The molecule has 0 heterocycles. The van der Waals surface area contributed by atoms with Gasteiger partial charge in [0, 0.05) is 11.6 Å². The fraction of sp³-hybridized carbons (Fsp3) is 0.429. The van der Waals surface area contributed by atoms with Crippen molar-refractivity contribution in [3.63, 3.8) is 0 Å². The third kappa shape index (κ3) is 5.76. The third-order valence-corrected chi connectivity index (χ3v) is 4.34. The van der Waals surface area contributed by atoms with E-state index in [0.29, 0.717) is 29.4 Å². The van der Waals surface area contributed by atoms with Crippen LogP contribution >= 0.6 is 12.4 Å². The van der Waals surface area contributed by atoms with Gasteiger partial charge in [0.2, 0.25) is 0 Å². The van der Waals surface area contributed by atoms with Crippen LogP contribution in [0.4, 0.5) is 0 Å². The Labute approximate surface area is 167 Å². The molecule has 3 N–H and O–H groups in total. The normalized spacial score (nSPS) is 13.3. The average molecular weight is 396 g/mol. The molecular weight excluding hydrogens is 366 g/mol. The second-order valence-electron chi connectivity index (χ2n) is 7.36. The number of benzene rings is 2. The zero-order valence-electron chi connectivity index (χ0n) is 16.6. The van der Waals surface area contributed by atoms with E-state index in [1.165, 1.54) is 0 Å². The van der Waals surface area contributed by atoms with Gasteiger partial charge in [-0.2, -0.15) is 0 Å². The minimum atomic E-state index is -0.750. The molecular formula is C21H30ClNO4. The molecule has 2 aromatic carbocycles. The van der Waals surface area contributed by atoms with Crippen LogP contribution < -0.4 is 19.9 Å². The summed E-state index contributed by atoms with van der Waals surface area (Å²) in [6.45, 7) is 6.23. The lowest BCUT2D eigenvalue weighted by atomic mass is 9.82. The van der Waals surface area contributed by atoms with Crippen LogP contribution in [0, 0.1) is 5.41 Å². The molecule has 0 aliphatic carbocycles. The van der Waals surface area contributed by atoms with Crippen molar-refractivity contribution in [1.29, 1.82) is 0 Å². The van der Waals surface area contributed by atoms with Crippen molar-refractivity contribution in [1.82, 2.24) is 0 Å². The minimum absolute atomic E-state index is 0. The number of hydrogen-bond acceptors (Lipinski definition) is 5. The first-order chi connectivity index (χ1) is 12.3. The van der Waals surface area contributed by atoms with Crippen molar-refractivity contribution in [3.8, 4) is 17.2 Å². The van der Waals surface area contributed by atoms with Crippen molar-refractivity contribution in [2.75, 3.05) is 14.2 Å². The summed E-state index contributed by atoms with van der Waals surface area (Å²) in [6.07, 6.45) is -0.750. The molecule has 0 bridgehead atoms.